The van der Waals surface area contributed by atoms with Crippen molar-refractivity contribution in [2.75, 3.05) is 0 Å². The maximum absolute atomic E-state index is 9.86. The van der Waals surface area contributed by atoms with Crippen LogP contribution in [0, 0.1) is 66.2 Å². The van der Waals surface area contributed by atoms with E-state index in [1.54, 1.807) is 23.5 Å². The van der Waals surface area contributed by atoms with Gasteiger partial charge in [-0.1, -0.05) is 117 Å². The normalized spacial score (nSPS) is 19.4. The van der Waals surface area contributed by atoms with E-state index in [2.05, 4.69) is 76.3 Å². The Hall–Kier alpha value is -2.72. The summed E-state index contributed by atoms with van der Waals surface area (Å²) in [6.45, 7) is 9.02. The molecular weight excluding hydrogens is 737 g/mol. The van der Waals surface area contributed by atoms with Crippen LogP contribution in [0.2, 0.25) is 0 Å². The van der Waals surface area contributed by atoms with Crippen molar-refractivity contribution < 1.29 is 0 Å². The van der Waals surface area contributed by atoms with Gasteiger partial charge in [-0.25, -0.2) is 0 Å². The van der Waals surface area contributed by atoms with Gasteiger partial charge in [-0.2, -0.15) is 21.0 Å². The van der Waals surface area contributed by atoms with Crippen LogP contribution in [0.25, 0.3) is 9.81 Å². The lowest BCUT2D eigenvalue weighted by Gasteiger charge is -2.08. The van der Waals surface area contributed by atoms with Gasteiger partial charge in [0.2, 0.25) is 0 Å². The molecule has 2 unspecified atom stereocenters. The van der Waals surface area contributed by atoms with Gasteiger partial charge >= 0.3 is 0 Å². The van der Waals surface area contributed by atoms with Gasteiger partial charge in [0, 0.05) is 27.9 Å². The summed E-state index contributed by atoms with van der Waals surface area (Å²) in [5.74, 6) is -1.31. The number of aryl methyl sites for hydroxylation is 2. The molecule has 2 aliphatic rings. The molecule has 2 aliphatic heterocycles. The van der Waals surface area contributed by atoms with Gasteiger partial charge in [0.25, 0.3) is 0 Å². The monoisotopic (exact) mass is 796 g/mol. The van der Waals surface area contributed by atoms with Crippen molar-refractivity contribution in [3.8, 4) is 24.3 Å². The number of hydrogen-bond donors (Lipinski definition) is 0. The molecule has 4 rings (SSSR count). The summed E-state index contributed by atoms with van der Waals surface area (Å²) in [4.78, 5) is 2.59. The van der Waals surface area contributed by atoms with Gasteiger partial charge in [0.1, 0.15) is 11.8 Å². The molecule has 4 nitrogen and oxygen atoms in total. The Morgan fingerprint density at radius 3 is 1.13 bits per heavy atom. The van der Waals surface area contributed by atoms with Crippen molar-refractivity contribution >= 4 is 56.0 Å². The third-order valence-electron chi connectivity index (χ3n) is 10.5. The number of rotatable bonds is 22. The van der Waals surface area contributed by atoms with Crippen LogP contribution >= 0.6 is 46.2 Å². The predicted molar refractivity (Wildman–Crippen MR) is 234 cm³/mol. The average Bonchev–Trinajstić information content (AvgIpc) is 3.99. The van der Waals surface area contributed by atoms with Gasteiger partial charge in [0.05, 0.1) is 34.8 Å². The van der Waals surface area contributed by atoms with Crippen molar-refractivity contribution in [1.29, 1.82) is 21.0 Å². The van der Waals surface area contributed by atoms with E-state index in [9.17, 15) is 21.0 Å². The van der Waals surface area contributed by atoms with Crippen LogP contribution in [0.15, 0.2) is 35.4 Å². The Balaban J connectivity index is 1.94. The first kappa shape index (κ1) is 44.0. The van der Waals surface area contributed by atoms with Crippen LogP contribution < -0.4 is 9.06 Å². The van der Waals surface area contributed by atoms with E-state index >= 15 is 0 Å². The maximum atomic E-state index is 9.86. The molecule has 288 valence electrons. The molecule has 0 aromatic carbocycles. The largest absolute Gasteiger partial charge is 0.197 e. The zero-order valence-electron chi connectivity index (χ0n) is 33.2. The Bertz CT molecular complexity index is 1800. The lowest BCUT2D eigenvalue weighted by atomic mass is 10.0. The SMILES string of the molecule is CCCCCCC1=CC(C(C#N)C#N)S/C1=c1\s/c(=c2\cc(CCCCCC)/c(=C3\SC(C(C#N)C#N)C=C3CCCCCC)s2)cc1CCCCCC. The van der Waals surface area contributed by atoms with E-state index in [-0.39, 0.29) is 10.5 Å². The predicted octanol–water partition coefficient (Wildman–Crippen LogP) is 12.9. The third kappa shape index (κ3) is 12.1. The van der Waals surface area contributed by atoms with Crippen LogP contribution in [0.1, 0.15) is 154 Å². The summed E-state index contributed by atoms with van der Waals surface area (Å²) in [6, 6.07) is 14.0. The second-order valence-corrected chi connectivity index (χ2v) is 19.3. The Morgan fingerprint density at radius 2 is 0.815 bits per heavy atom. The zero-order chi connectivity index (χ0) is 38.7. The minimum Gasteiger partial charge on any atom is -0.197 e. The van der Waals surface area contributed by atoms with Crippen molar-refractivity contribution in [1.82, 2.24) is 0 Å². The molecule has 0 saturated carbocycles. The lowest BCUT2D eigenvalue weighted by Crippen LogP contribution is -2.10. The highest BCUT2D eigenvalue weighted by Crippen LogP contribution is 2.45. The zero-order valence-corrected chi connectivity index (χ0v) is 36.4. The van der Waals surface area contributed by atoms with Crippen molar-refractivity contribution in [3.63, 3.8) is 0 Å². The molecule has 8 heteroatoms. The van der Waals surface area contributed by atoms with E-state index < -0.39 is 11.8 Å². The summed E-state index contributed by atoms with van der Waals surface area (Å²) in [5, 5.41) is 39.2. The van der Waals surface area contributed by atoms with E-state index in [0.29, 0.717) is 0 Å². The molecule has 4 heterocycles. The molecule has 0 aliphatic carbocycles. The van der Waals surface area contributed by atoms with E-state index in [1.165, 1.54) is 127 Å². The second kappa shape index (κ2) is 24.0. The molecule has 0 saturated heterocycles. The quantitative estimate of drug-likeness (QED) is 0.110. The van der Waals surface area contributed by atoms with E-state index in [1.807, 2.05) is 22.7 Å². The number of thioether (sulfide) groups is 2. The molecule has 0 fully saturated rings. The fourth-order valence-corrected chi connectivity index (χ4v) is 13.0. The Morgan fingerprint density at radius 1 is 0.481 bits per heavy atom. The minimum atomic E-state index is -0.656. The Labute approximate surface area is 342 Å². The van der Waals surface area contributed by atoms with Crippen LogP contribution in [0.3, 0.4) is 0 Å². The topological polar surface area (TPSA) is 95.2 Å². The number of nitrogens with zero attached hydrogens (tertiary/aromatic N) is 4. The number of nitriles is 4. The van der Waals surface area contributed by atoms with Gasteiger partial charge in [-0.3, -0.25) is 0 Å². The summed E-state index contributed by atoms with van der Waals surface area (Å²) in [6.07, 6.45) is 27.7. The highest BCUT2D eigenvalue weighted by atomic mass is 32.2. The molecule has 54 heavy (non-hydrogen) atoms. The minimum absolute atomic E-state index is 0.130. The van der Waals surface area contributed by atoms with Crippen LogP contribution in [-0.4, -0.2) is 10.5 Å². The maximum Gasteiger partial charge on any atom is 0.148 e. The van der Waals surface area contributed by atoms with Crippen molar-refractivity contribution in [3.05, 3.63) is 64.7 Å². The highest BCUT2D eigenvalue weighted by Gasteiger charge is 2.31. The van der Waals surface area contributed by atoms with Gasteiger partial charge in [0.15, 0.2) is 0 Å². The standard InChI is InChI=1S/C46H60N4S4/c1-5-9-13-17-21-33-25-39(37(29-47)30-48)51-43(33)45-35(23-19-15-11-7-3)27-41(53-45)42-28-36(24-20-16-12-8-4)46(54-42)44-34(22-18-14-10-6-2)26-40(52-44)38(31-49)32-50/h25-28,37-40H,5-24H2,1-4H3/b42-41+,45-43-,46-44+. The summed E-state index contributed by atoms with van der Waals surface area (Å²) in [7, 11) is 0. The first-order valence-corrected chi connectivity index (χ1v) is 24.2. The number of hydrogen-bond acceptors (Lipinski definition) is 8. The van der Waals surface area contributed by atoms with E-state index in [0.717, 1.165) is 51.4 Å². The van der Waals surface area contributed by atoms with Crippen LogP contribution in [0.4, 0.5) is 0 Å². The Kier molecular flexibility index (Phi) is 19.6. The van der Waals surface area contributed by atoms with Crippen molar-refractivity contribution in [2.45, 2.75) is 167 Å². The molecule has 0 N–H and O–H groups in total. The lowest BCUT2D eigenvalue weighted by molar-refractivity contribution is 0.666. The molecule has 2 aromatic heterocycles. The molecule has 0 bridgehead atoms. The molecular formula is C46H60N4S4. The smallest absolute Gasteiger partial charge is 0.148 e. The van der Waals surface area contributed by atoms with Crippen molar-refractivity contribution in [2.24, 2.45) is 11.8 Å². The average molecular weight is 797 g/mol. The fraction of sp³-hybridized carbons (Fsp3) is 0.609. The third-order valence-corrected chi connectivity index (χ3v) is 16.1. The van der Waals surface area contributed by atoms with Crippen LogP contribution in [-0.2, 0) is 12.8 Å². The molecule has 0 amide bonds. The molecule has 2 atom stereocenters. The highest BCUT2D eigenvalue weighted by molar-refractivity contribution is 8.09. The molecule has 0 radical (unpaired) electrons. The number of unbranched alkanes of at least 4 members (excludes halogenated alkanes) is 12. The first-order chi connectivity index (χ1) is 26.5. The van der Waals surface area contributed by atoms with Gasteiger partial charge < -0.3 is 0 Å². The first-order valence-electron chi connectivity index (χ1n) is 20.8. The van der Waals surface area contributed by atoms with Crippen LogP contribution in [0.5, 0.6) is 0 Å². The van der Waals surface area contributed by atoms with Gasteiger partial charge in [-0.15, -0.1) is 46.2 Å². The van der Waals surface area contributed by atoms with Gasteiger partial charge in [-0.05, 0) is 85.8 Å². The number of thiophene rings is 2. The molecule has 0 spiro atoms. The summed E-state index contributed by atoms with van der Waals surface area (Å²) >= 11 is 7.31. The molecule has 2 aromatic rings. The summed E-state index contributed by atoms with van der Waals surface area (Å²) < 4.78 is 5.30. The second-order valence-electron chi connectivity index (χ2n) is 14.9. The summed E-state index contributed by atoms with van der Waals surface area (Å²) in [5.41, 5.74) is 5.47. The van der Waals surface area contributed by atoms with E-state index in [4.69, 9.17) is 0 Å². The fourth-order valence-electron chi connectivity index (χ4n) is 7.34.